The lowest BCUT2D eigenvalue weighted by molar-refractivity contribution is -0.137. The van der Waals surface area contributed by atoms with Gasteiger partial charge < -0.3 is 10.2 Å². The number of carbonyl (C=O) groups excluding carboxylic acids is 1. The molecule has 0 radical (unpaired) electrons. The maximum atomic E-state index is 13.5. The summed E-state index contributed by atoms with van der Waals surface area (Å²) in [6.07, 6.45) is 5.68. The van der Waals surface area contributed by atoms with Crippen molar-refractivity contribution in [1.82, 2.24) is 21.1 Å². The molecule has 1 saturated carbocycles. The first kappa shape index (κ1) is 17.3. The number of hydrogen-bond donors (Lipinski definition) is 3. The molecule has 0 bridgehead atoms. The average Bonchev–Trinajstić information content (AvgIpc) is 3.30. The van der Waals surface area contributed by atoms with E-state index in [2.05, 4.69) is 21.1 Å². The molecule has 136 valence electrons. The summed E-state index contributed by atoms with van der Waals surface area (Å²) in [4.78, 5) is 15.5. The summed E-state index contributed by atoms with van der Waals surface area (Å²) in [5.74, 6) is 0.534. The third-order valence-electron chi connectivity index (χ3n) is 5.99. The summed E-state index contributed by atoms with van der Waals surface area (Å²) in [7, 11) is 0. The number of rotatable bonds is 4. The van der Waals surface area contributed by atoms with Gasteiger partial charge >= 0.3 is 0 Å². The van der Waals surface area contributed by atoms with Crippen molar-refractivity contribution >= 4 is 17.5 Å². The number of hydrazine groups is 1. The van der Waals surface area contributed by atoms with Crippen LogP contribution < -0.4 is 16.2 Å². The molecule has 0 spiro atoms. The zero-order chi connectivity index (χ0) is 17.2. The fourth-order valence-corrected chi connectivity index (χ4v) is 4.75. The second-order valence-electron chi connectivity index (χ2n) is 7.53. The Hall–Kier alpha value is -1.14. The lowest BCUT2D eigenvalue weighted by Crippen LogP contribution is -2.52. The highest BCUT2D eigenvalue weighted by Crippen LogP contribution is 2.30. The van der Waals surface area contributed by atoms with Crippen LogP contribution in [0.4, 0.5) is 0 Å². The van der Waals surface area contributed by atoms with Crippen molar-refractivity contribution in [2.75, 3.05) is 13.1 Å². The minimum absolute atomic E-state index is 0.152. The molecule has 3 aliphatic rings. The number of amides is 1. The zero-order valence-corrected chi connectivity index (χ0v) is 15.3. The highest BCUT2D eigenvalue weighted by atomic mass is 35.5. The van der Waals surface area contributed by atoms with Gasteiger partial charge in [-0.05, 0) is 37.4 Å². The van der Waals surface area contributed by atoms with E-state index in [1.807, 2.05) is 24.3 Å². The molecule has 0 aromatic heterocycles. The second kappa shape index (κ2) is 7.62. The Morgan fingerprint density at radius 3 is 2.76 bits per heavy atom. The third kappa shape index (κ3) is 3.56. The van der Waals surface area contributed by atoms with E-state index in [4.69, 9.17) is 11.6 Å². The Morgan fingerprint density at radius 2 is 1.96 bits per heavy atom. The Bertz CT molecular complexity index is 619. The van der Waals surface area contributed by atoms with Crippen molar-refractivity contribution in [2.24, 2.45) is 5.92 Å². The van der Waals surface area contributed by atoms with Crippen LogP contribution in [0.3, 0.4) is 0 Å². The fourth-order valence-electron chi connectivity index (χ4n) is 4.55. The van der Waals surface area contributed by atoms with Crippen LogP contribution >= 0.6 is 11.6 Å². The number of hydrogen-bond acceptors (Lipinski definition) is 4. The summed E-state index contributed by atoms with van der Waals surface area (Å²) in [5, 5.41) is 4.18. The molecule has 3 fully saturated rings. The van der Waals surface area contributed by atoms with Crippen LogP contribution in [0.2, 0.25) is 5.02 Å². The van der Waals surface area contributed by atoms with Crippen LogP contribution in [0.5, 0.6) is 0 Å². The molecule has 4 rings (SSSR count). The minimum atomic E-state index is -0.152. The lowest BCUT2D eigenvalue weighted by atomic mass is 9.88. The zero-order valence-electron chi connectivity index (χ0n) is 14.5. The summed E-state index contributed by atoms with van der Waals surface area (Å²) in [5.41, 5.74) is 7.67. The van der Waals surface area contributed by atoms with Gasteiger partial charge in [0.15, 0.2) is 0 Å². The largest absolute Gasteiger partial charge is 0.334 e. The number of piperidine rings is 1. The second-order valence-corrected chi connectivity index (χ2v) is 7.93. The van der Waals surface area contributed by atoms with Crippen LogP contribution in [-0.4, -0.2) is 42.0 Å². The first-order valence-electron chi connectivity index (χ1n) is 9.49. The van der Waals surface area contributed by atoms with Gasteiger partial charge in [0.1, 0.15) is 6.04 Å². The number of nitrogens with one attached hydrogen (secondary N) is 3. The molecule has 6 heteroatoms. The van der Waals surface area contributed by atoms with Crippen molar-refractivity contribution in [3.63, 3.8) is 0 Å². The number of nitrogens with zero attached hydrogens (tertiary/aromatic N) is 1. The van der Waals surface area contributed by atoms with Crippen molar-refractivity contribution in [1.29, 1.82) is 0 Å². The quantitative estimate of drug-likeness (QED) is 0.767. The van der Waals surface area contributed by atoms with Gasteiger partial charge in [0.2, 0.25) is 5.91 Å². The number of benzene rings is 1. The van der Waals surface area contributed by atoms with Crippen LogP contribution in [0, 0.1) is 5.92 Å². The van der Waals surface area contributed by atoms with Gasteiger partial charge in [-0.3, -0.25) is 10.2 Å². The molecule has 3 unspecified atom stereocenters. The smallest absolute Gasteiger partial charge is 0.242 e. The van der Waals surface area contributed by atoms with Gasteiger partial charge in [-0.2, -0.15) is 0 Å². The van der Waals surface area contributed by atoms with Crippen molar-refractivity contribution in [2.45, 2.75) is 56.8 Å². The van der Waals surface area contributed by atoms with Gasteiger partial charge in [-0.25, -0.2) is 5.43 Å². The molecule has 1 aromatic carbocycles. The van der Waals surface area contributed by atoms with Gasteiger partial charge in [0.25, 0.3) is 0 Å². The van der Waals surface area contributed by atoms with E-state index in [1.54, 1.807) is 0 Å². The normalized spacial score (nSPS) is 29.6. The number of fused-ring (bicyclic) bond motifs is 1. The summed E-state index contributed by atoms with van der Waals surface area (Å²) in [6.45, 7) is 2.51. The Labute approximate surface area is 154 Å². The van der Waals surface area contributed by atoms with Crippen LogP contribution in [0.1, 0.15) is 37.7 Å². The third-order valence-corrected chi connectivity index (χ3v) is 6.36. The maximum Gasteiger partial charge on any atom is 0.242 e. The van der Waals surface area contributed by atoms with Crippen molar-refractivity contribution in [3.05, 3.63) is 34.9 Å². The number of carbonyl (C=O) groups is 1. The van der Waals surface area contributed by atoms with Gasteiger partial charge in [-0.15, -0.1) is 0 Å². The Morgan fingerprint density at radius 1 is 1.16 bits per heavy atom. The molecule has 1 aromatic rings. The summed E-state index contributed by atoms with van der Waals surface area (Å²) < 4.78 is 0. The van der Waals surface area contributed by atoms with Crippen molar-refractivity contribution in [3.8, 4) is 0 Å². The van der Waals surface area contributed by atoms with E-state index in [-0.39, 0.29) is 11.9 Å². The molecular weight excluding hydrogens is 336 g/mol. The van der Waals surface area contributed by atoms with Crippen LogP contribution in [0.25, 0.3) is 0 Å². The predicted octanol–water partition coefficient (Wildman–Crippen LogP) is 2.07. The molecule has 3 N–H and O–H groups in total. The first-order chi connectivity index (χ1) is 12.2. The molecule has 1 amide bonds. The summed E-state index contributed by atoms with van der Waals surface area (Å²) in [6, 6.07) is 8.44. The van der Waals surface area contributed by atoms with Crippen LogP contribution in [-0.2, 0) is 11.3 Å². The Balaban J connectivity index is 1.55. The molecule has 2 heterocycles. The predicted molar refractivity (Wildman–Crippen MR) is 99.1 cm³/mol. The fraction of sp³-hybridized carbons (Fsp3) is 0.632. The SMILES string of the molecule is O=C(C1NNC2CCNCC21)N(Cc1ccccc1Cl)C1CCCC1. The van der Waals surface area contributed by atoms with Crippen LogP contribution in [0.15, 0.2) is 24.3 Å². The molecule has 1 aliphatic carbocycles. The van der Waals surface area contributed by atoms with Gasteiger partial charge in [0, 0.05) is 36.1 Å². The monoisotopic (exact) mass is 362 g/mol. The summed E-state index contributed by atoms with van der Waals surface area (Å²) >= 11 is 6.37. The molecule has 25 heavy (non-hydrogen) atoms. The maximum absolute atomic E-state index is 13.5. The first-order valence-corrected chi connectivity index (χ1v) is 9.87. The minimum Gasteiger partial charge on any atom is -0.334 e. The average molecular weight is 363 g/mol. The molecule has 2 saturated heterocycles. The van der Waals surface area contributed by atoms with E-state index >= 15 is 0 Å². The van der Waals surface area contributed by atoms with Gasteiger partial charge in [-0.1, -0.05) is 42.6 Å². The lowest BCUT2D eigenvalue weighted by Gasteiger charge is -2.34. The van der Waals surface area contributed by atoms with Gasteiger partial charge in [0.05, 0.1) is 0 Å². The van der Waals surface area contributed by atoms with E-state index < -0.39 is 0 Å². The molecule has 2 aliphatic heterocycles. The van der Waals surface area contributed by atoms with E-state index in [9.17, 15) is 4.79 Å². The van der Waals surface area contributed by atoms with Crippen molar-refractivity contribution < 1.29 is 4.79 Å². The van der Waals surface area contributed by atoms with E-state index in [0.717, 1.165) is 42.9 Å². The topological polar surface area (TPSA) is 56.4 Å². The molecule has 3 atom stereocenters. The van der Waals surface area contributed by atoms with E-state index in [0.29, 0.717) is 24.5 Å². The molecule has 5 nitrogen and oxygen atoms in total. The van der Waals surface area contributed by atoms with E-state index in [1.165, 1.54) is 12.8 Å². The number of halogens is 1. The highest BCUT2D eigenvalue weighted by molar-refractivity contribution is 6.31. The Kier molecular flexibility index (Phi) is 5.27. The molecular formula is C19H27ClN4O. The standard InChI is InChI=1S/C19H27ClN4O/c20-16-8-4-1-5-13(16)12-24(14-6-2-3-7-14)19(25)18-15-11-21-10-9-17(15)22-23-18/h1,4-5,8,14-15,17-18,21-23H,2-3,6-7,9-12H2. The highest BCUT2D eigenvalue weighted by Gasteiger charge is 2.44.